The number of rotatable bonds is 3. The second-order valence-electron chi connectivity index (χ2n) is 6.06. The molecule has 4 nitrogen and oxygen atoms in total. The highest BCUT2D eigenvalue weighted by Crippen LogP contribution is 2.36. The zero-order chi connectivity index (χ0) is 15.1. The van der Waals surface area contributed by atoms with Gasteiger partial charge in [-0.3, -0.25) is 4.79 Å². The Morgan fingerprint density at radius 3 is 2.91 bits per heavy atom. The molecule has 0 N–H and O–H groups in total. The average Bonchev–Trinajstić information content (AvgIpc) is 3.08. The van der Waals surface area contributed by atoms with Crippen LogP contribution in [0, 0.1) is 3.57 Å². The van der Waals surface area contributed by atoms with E-state index in [1.54, 1.807) is 0 Å². The van der Waals surface area contributed by atoms with Crippen molar-refractivity contribution in [2.45, 2.75) is 38.1 Å². The third-order valence-corrected chi connectivity index (χ3v) is 5.76. The van der Waals surface area contributed by atoms with Crippen molar-refractivity contribution in [3.63, 3.8) is 0 Å². The van der Waals surface area contributed by atoms with Crippen molar-refractivity contribution in [1.82, 2.24) is 4.90 Å². The van der Waals surface area contributed by atoms with Gasteiger partial charge in [0.25, 0.3) is 0 Å². The fourth-order valence-electron chi connectivity index (χ4n) is 3.60. The van der Waals surface area contributed by atoms with Crippen molar-refractivity contribution in [2.24, 2.45) is 0 Å². The molecule has 22 heavy (non-hydrogen) atoms. The zero-order valence-corrected chi connectivity index (χ0v) is 14.5. The number of carbonyl (C=O) groups excluding carboxylic acids is 1. The van der Waals surface area contributed by atoms with Crippen molar-refractivity contribution in [1.29, 1.82) is 0 Å². The first-order valence-corrected chi connectivity index (χ1v) is 8.89. The highest BCUT2D eigenvalue weighted by Gasteiger charge is 2.33. The molecule has 1 unspecified atom stereocenters. The molecule has 5 heteroatoms. The van der Waals surface area contributed by atoms with Gasteiger partial charge in [0, 0.05) is 16.2 Å². The highest BCUT2D eigenvalue weighted by atomic mass is 127. The molecule has 4 rings (SSSR count). The number of amides is 1. The molecular weight excluding hydrogens is 393 g/mol. The van der Waals surface area contributed by atoms with Gasteiger partial charge in [0.15, 0.2) is 11.5 Å². The molecule has 0 saturated heterocycles. The summed E-state index contributed by atoms with van der Waals surface area (Å²) in [4.78, 5) is 14.3. The van der Waals surface area contributed by atoms with Crippen LogP contribution in [0.15, 0.2) is 23.8 Å². The summed E-state index contributed by atoms with van der Waals surface area (Å²) in [5.74, 6) is 1.83. The molecule has 0 radical (unpaired) electrons. The molecule has 1 aromatic rings. The number of nitrogens with zero attached hydrogens (tertiary/aromatic N) is 1. The molecule has 1 aromatic carbocycles. The van der Waals surface area contributed by atoms with Crippen LogP contribution in [0.5, 0.6) is 11.5 Å². The lowest BCUT2D eigenvalue weighted by Gasteiger charge is -2.30. The lowest BCUT2D eigenvalue weighted by molar-refractivity contribution is -0.126. The molecule has 1 fully saturated rings. The van der Waals surface area contributed by atoms with Crippen molar-refractivity contribution in [3.05, 3.63) is 32.9 Å². The Hall–Kier alpha value is -1.24. The lowest BCUT2D eigenvalue weighted by atomic mass is 9.91. The van der Waals surface area contributed by atoms with Gasteiger partial charge in [-0.25, -0.2) is 0 Å². The second-order valence-corrected chi connectivity index (χ2v) is 7.22. The second kappa shape index (κ2) is 5.76. The van der Waals surface area contributed by atoms with Crippen LogP contribution in [0.4, 0.5) is 0 Å². The van der Waals surface area contributed by atoms with E-state index in [1.807, 2.05) is 12.1 Å². The third kappa shape index (κ3) is 2.49. The molecule has 1 aliphatic carbocycles. The lowest BCUT2D eigenvalue weighted by Crippen LogP contribution is -2.38. The number of ether oxygens (including phenoxy) is 2. The van der Waals surface area contributed by atoms with Gasteiger partial charge in [-0.05, 0) is 71.5 Å². The first-order valence-electron chi connectivity index (χ1n) is 7.81. The van der Waals surface area contributed by atoms with Gasteiger partial charge in [-0.1, -0.05) is 6.42 Å². The minimum atomic E-state index is 0.192. The van der Waals surface area contributed by atoms with Crippen molar-refractivity contribution >= 4 is 28.5 Å². The largest absolute Gasteiger partial charge is 0.454 e. The molecular formula is C17H18INO3. The molecule has 0 spiro atoms. The Labute approximate surface area is 143 Å². The molecule has 0 aromatic heterocycles. The summed E-state index contributed by atoms with van der Waals surface area (Å²) in [6.45, 7) is 1.08. The van der Waals surface area contributed by atoms with Crippen LogP contribution in [-0.2, 0) is 11.2 Å². The summed E-state index contributed by atoms with van der Waals surface area (Å²) >= 11 is 2.33. The molecule has 116 valence electrons. The predicted octanol–water partition coefficient (Wildman–Crippen LogP) is 3.27. The van der Waals surface area contributed by atoms with Gasteiger partial charge < -0.3 is 14.4 Å². The van der Waals surface area contributed by atoms with Crippen LogP contribution in [0.2, 0.25) is 0 Å². The summed E-state index contributed by atoms with van der Waals surface area (Å²) in [5.41, 5.74) is 2.57. The number of fused-ring (bicyclic) bond motifs is 2. The van der Waals surface area contributed by atoms with Gasteiger partial charge in [0.05, 0.1) is 6.04 Å². The number of halogens is 1. The van der Waals surface area contributed by atoms with Gasteiger partial charge in [0.2, 0.25) is 12.7 Å². The maximum Gasteiger partial charge on any atom is 0.247 e. The Kier molecular flexibility index (Phi) is 3.76. The van der Waals surface area contributed by atoms with Crippen molar-refractivity contribution in [3.8, 4) is 11.5 Å². The van der Waals surface area contributed by atoms with E-state index in [1.165, 1.54) is 27.5 Å². The fraction of sp³-hybridized carbons (Fsp3) is 0.471. The summed E-state index contributed by atoms with van der Waals surface area (Å²) in [7, 11) is 0. The Bertz CT molecular complexity index is 656. The molecule has 3 aliphatic rings. The minimum absolute atomic E-state index is 0.192. The summed E-state index contributed by atoms with van der Waals surface area (Å²) in [5, 5.41) is 0. The molecule has 1 amide bonds. The fourth-order valence-corrected chi connectivity index (χ4v) is 4.30. The van der Waals surface area contributed by atoms with E-state index in [4.69, 9.17) is 9.47 Å². The van der Waals surface area contributed by atoms with Crippen LogP contribution in [-0.4, -0.2) is 30.2 Å². The van der Waals surface area contributed by atoms with Crippen molar-refractivity contribution in [2.75, 3.05) is 13.3 Å². The first-order chi connectivity index (χ1) is 10.7. The number of hydrogen-bond donors (Lipinski definition) is 0. The maximum absolute atomic E-state index is 12.2. The van der Waals surface area contributed by atoms with Gasteiger partial charge in [-0.15, -0.1) is 0 Å². The molecule has 1 atom stereocenters. The molecule has 0 bridgehead atoms. The van der Waals surface area contributed by atoms with Crippen LogP contribution >= 0.6 is 22.6 Å². The quantitative estimate of drug-likeness (QED) is 0.717. The first kappa shape index (κ1) is 14.4. The smallest absolute Gasteiger partial charge is 0.247 e. The zero-order valence-electron chi connectivity index (χ0n) is 12.3. The van der Waals surface area contributed by atoms with Crippen LogP contribution in [0.25, 0.3) is 0 Å². The van der Waals surface area contributed by atoms with E-state index < -0.39 is 0 Å². The maximum atomic E-state index is 12.2. The highest BCUT2D eigenvalue weighted by molar-refractivity contribution is 14.1. The average molecular weight is 411 g/mol. The van der Waals surface area contributed by atoms with Crippen LogP contribution < -0.4 is 9.47 Å². The van der Waals surface area contributed by atoms with E-state index in [0.29, 0.717) is 12.8 Å². The van der Waals surface area contributed by atoms with E-state index in [-0.39, 0.29) is 5.91 Å². The molecule has 1 saturated carbocycles. The van der Waals surface area contributed by atoms with E-state index in [9.17, 15) is 4.79 Å². The summed E-state index contributed by atoms with van der Waals surface area (Å²) in [6.07, 6.45) is 7.40. The third-order valence-electron chi connectivity index (χ3n) is 4.75. The number of carbonyl (C=O) groups is 1. The standard InChI is InChI=1S/C17H18INO3/c18-13-9-16-15(21-10-22-16)7-11(13)5-6-19-14-4-2-1-3-12(14)8-17(19)20/h7-9,14H,1-6,10H2. The topological polar surface area (TPSA) is 38.8 Å². The van der Waals surface area contributed by atoms with E-state index >= 15 is 0 Å². The Balaban J connectivity index is 1.48. The normalized spacial score (nSPS) is 22.8. The molecule has 2 aliphatic heterocycles. The van der Waals surface area contributed by atoms with Gasteiger partial charge in [0.1, 0.15) is 0 Å². The SMILES string of the molecule is O=C1C=C2CCCCC2N1CCc1cc2c(cc1I)OCO2. The number of benzene rings is 1. The number of hydrogen-bond acceptors (Lipinski definition) is 3. The van der Waals surface area contributed by atoms with Gasteiger partial charge >= 0.3 is 0 Å². The van der Waals surface area contributed by atoms with Gasteiger partial charge in [-0.2, -0.15) is 0 Å². The summed E-state index contributed by atoms with van der Waals surface area (Å²) in [6, 6.07) is 4.43. The monoisotopic (exact) mass is 411 g/mol. The van der Waals surface area contributed by atoms with Crippen molar-refractivity contribution < 1.29 is 14.3 Å². The Morgan fingerprint density at radius 2 is 2.05 bits per heavy atom. The minimum Gasteiger partial charge on any atom is -0.454 e. The predicted molar refractivity (Wildman–Crippen MR) is 91.0 cm³/mol. The van der Waals surface area contributed by atoms with Crippen LogP contribution in [0.3, 0.4) is 0 Å². The summed E-state index contributed by atoms with van der Waals surface area (Å²) < 4.78 is 12.0. The molecule has 2 heterocycles. The van der Waals surface area contributed by atoms with E-state index in [2.05, 4.69) is 33.6 Å². The van der Waals surface area contributed by atoms with Crippen LogP contribution in [0.1, 0.15) is 31.2 Å². The van der Waals surface area contributed by atoms with E-state index in [0.717, 1.165) is 37.3 Å². The Morgan fingerprint density at radius 1 is 1.23 bits per heavy atom.